The van der Waals surface area contributed by atoms with Gasteiger partial charge in [-0.1, -0.05) is 19.4 Å². The summed E-state index contributed by atoms with van der Waals surface area (Å²) in [4.78, 5) is 36.8. The lowest BCUT2D eigenvalue weighted by Crippen LogP contribution is -2.54. The molecule has 142 valence electrons. The molecule has 4 rings (SSSR count). The molecule has 0 aliphatic heterocycles. The molecule has 0 radical (unpaired) electrons. The first-order chi connectivity index (χ1) is 12.3. The van der Waals surface area contributed by atoms with Crippen molar-refractivity contribution in [2.24, 2.45) is 34.5 Å². The number of Topliss-reactive ketones (excluding diaryl/α,β-unsaturated/α-hetero) is 2. The molecule has 0 saturated heterocycles. The highest BCUT2D eigenvalue weighted by Crippen LogP contribution is 2.66. The number of rotatable bonds is 1. The molecule has 4 aliphatic rings. The van der Waals surface area contributed by atoms with Crippen molar-refractivity contribution in [1.29, 1.82) is 0 Å². The third kappa shape index (κ3) is 2.44. The summed E-state index contributed by atoms with van der Waals surface area (Å²) in [5, 5.41) is 0. The van der Waals surface area contributed by atoms with E-state index in [2.05, 4.69) is 13.8 Å². The highest BCUT2D eigenvalue weighted by atomic mass is 16.5. The number of ketones is 2. The summed E-state index contributed by atoms with van der Waals surface area (Å²) in [7, 11) is 1.41. The van der Waals surface area contributed by atoms with Gasteiger partial charge in [0.25, 0.3) is 0 Å². The van der Waals surface area contributed by atoms with Gasteiger partial charge in [-0.25, -0.2) is 4.79 Å². The quantitative estimate of drug-likeness (QED) is 0.527. The van der Waals surface area contributed by atoms with Gasteiger partial charge in [-0.3, -0.25) is 9.59 Å². The predicted octanol–water partition coefficient (Wildman–Crippen LogP) is 3.88. The van der Waals surface area contributed by atoms with E-state index in [1.807, 2.05) is 0 Å². The van der Waals surface area contributed by atoms with Crippen LogP contribution in [0.5, 0.6) is 0 Å². The Balaban J connectivity index is 1.75. The molecule has 0 heterocycles. The maximum absolute atomic E-state index is 12.6. The Morgan fingerprint density at radius 2 is 1.85 bits per heavy atom. The SMILES string of the molecule is COC(=O)C=C1CC2C(CC[C@]3(C)C(=O)CCC23)[C@@]2(C)CCC(=O)CC12. The molecule has 4 unspecified atom stereocenters. The van der Waals surface area contributed by atoms with Crippen LogP contribution in [-0.2, 0) is 19.1 Å². The first-order valence-corrected chi connectivity index (χ1v) is 10.1. The van der Waals surface area contributed by atoms with E-state index in [1.165, 1.54) is 7.11 Å². The molecule has 0 amide bonds. The second kappa shape index (κ2) is 6.03. The lowest BCUT2D eigenvalue weighted by atomic mass is 9.44. The molecular formula is C22H30O4. The Morgan fingerprint density at radius 1 is 1.08 bits per heavy atom. The molecule has 0 aromatic carbocycles. The summed E-state index contributed by atoms with van der Waals surface area (Å²) in [6, 6.07) is 0. The van der Waals surface area contributed by atoms with Crippen molar-refractivity contribution in [1.82, 2.24) is 0 Å². The van der Waals surface area contributed by atoms with Gasteiger partial charge in [-0.15, -0.1) is 0 Å². The van der Waals surface area contributed by atoms with E-state index < -0.39 is 0 Å². The molecule has 0 aromatic rings. The van der Waals surface area contributed by atoms with Crippen molar-refractivity contribution in [3.05, 3.63) is 11.6 Å². The van der Waals surface area contributed by atoms with Gasteiger partial charge in [0.15, 0.2) is 0 Å². The largest absolute Gasteiger partial charge is 0.466 e. The number of hydrogen-bond donors (Lipinski definition) is 0. The zero-order valence-electron chi connectivity index (χ0n) is 16.2. The minimum Gasteiger partial charge on any atom is -0.466 e. The molecule has 0 aromatic heterocycles. The Kier molecular flexibility index (Phi) is 4.16. The Hall–Kier alpha value is -1.45. The van der Waals surface area contributed by atoms with Crippen LogP contribution in [0.2, 0.25) is 0 Å². The summed E-state index contributed by atoms with van der Waals surface area (Å²) >= 11 is 0. The fourth-order valence-electron chi connectivity index (χ4n) is 7.09. The number of fused-ring (bicyclic) bond motifs is 5. The average molecular weight is 358 g/mol. The summed E-state index contributed by atoms with van der Waals surface area (Å²) in [5.74, 6) is 2.02. The summed E-state index contributed by atoms with van der Waals surface area (Å²) in [6.07, 6.45) is 8.39. The van der Waals surface area contributed by atoms with Gasteiger partial charge in [-0.05, 0) is 61.2 Å². The van der Waals surface area contributed by atoms with Crippen LogP contribution in [0.15, 0.2) is 11.6 Å². The number of ether oxygens (including phenoxy) is 1. The van der Waals surface area contributed by atoms with Crippen LogP contribution in [0.3, 0.4) is 0 Å². The molecule has 4 heteroatoms. The third-order valence-corrected chi connectivity index (χ3v) is 8.59. The normalized spacial score (nSPS) is 46.5. The molecule has 4 nitrogen and oxygen atoms in total. The van der Waals surface area contributed by atoms with Crippen molar-refractivity contribution in [2.45, 2.75) is 65.2 Å². The number of carbonyl (C=O) groups is 3. The standard InChI is InChI=1S/C22H30O4/c1-21-8-6-14(23)12-18(21)13(11-20(25)26-3)10-15-16-4-5-19(24)22(16,2)9-7-17(15)21/h11,15-18H,4-10,12H2,1-3H3/t15?,16?,17?,18?,21-,22+/m1/s1. The third-order valence-electron chi connectivity index (χ3n) is 8.59. The Bertz CT molecular complexity index is 692. The zero-order valence-corrected chi connectivity index (χ0v) is 16.2. The monoisotopic (exact) mass is 358 g/mol. The Labute approximate surface area is 155 Å². The van der Waals surface area contributed by atoms with Crippen LogP contribution >= 0.6 is 0 Å². The van der Waals surface area contributed by atoms with Crippen LogP contribution < -0.4 is 0 Å². The second-order valence-electron chi connectivity index (χ2n) is 9.54. The van der Waals surface area contributed by atoms with Crippen LogP contribution in [0.4, 0.5) is 0 Å². The number of esters is 1. The van der Waals surface area contributed by atoms with E-state index in [9.17, 15) is 14.4 Å². The van der Waals surface area contributed by atoms with E-state index in [4.69, 9.17) is 4.74 Å². The molecule has 0 spiro atoms. The van der Waals surface area contributed by atoms with Crippen molar-refractivity contribution >= 4 is 17.5 Å². The molecule has 4 fully saturated rings. The van der Waals surface area contributed by atoms with E-state index in [0.717, 1.165) is 37.7 Å². The van der Waals surface area contributed by atoms with Gasteiger partial charge in [-0.2, -0.15) is 0 Å². The highest BCUT2D eigenvalue weighted by Gasteiger charge is 2.61. The molecular weight excluding hydrogens is 328 g/mol. The van der Waals surface area contributed by atoms with Crippen LogP contribution in [-0.4, -0.2) is 24.6 Å². The fourth-order valence-corrected chi connectivity index (χ4v) is 7.09. The van der Waals surface area contributed by atoms with Crippen molar-refractivity contribution in [3.63, 3.8) is 0 Å². The molecule has 0 bridgehead atoms. The first kappa shape index (κ1) is 17.9. The number of hydrogen-bond acceptors (Lipinski definition) is 4. The summed E-state index contributed by atoms with van der Waals surface area (Å²) in [6.45, 7) is 4.51. The van der Waals surface area contributed by atoms with Crippen LogP contribution in [0.25, 0.3) is 0 Å². The van der Waals surface area contributed by atoms with Gasteiger partial charge in [0.05, 0.1) is 7.11 Å². The lowest BCUT2D eigenvalue weighted by Gasteiger charge is -2.60. The van der Waals surface area contributed by atoms with Gasteiger partial charge in [0.1, 0.15) is 11.6 Å². The molecule has 6 atom stereocenters. The second-order valence-corrected chi connectivity index (χ2v) is 9.54. The first-order valence-electron chi connectivity index (χ1n) is 10.1. The summed E-state index contributed by atoms with van der Waals surface area (Å²) in [5.41, 5.74) is 0.978. The minimum atomic E-state index is -0.320. The lowest BCUT2D eigenvalue weighted by molar-refractivity contribution is -0.140. The van der Waals surface area contributed by atoms with Crippen molar-refractivity contribution in [2.75, 3.05) is 7.11 Å². The van der Waals surface area contributed by atoms with Crippen molar-refractivity contribution in [3.8, 4) is 0 Å². The summed E-state index contributed by atoms with van der Waals surface area (Å²) < 4.78 is 4.90. The van der Waals surface area contributed by atoms with E-state index in [-0.39, 0.29) is 22.7 Å². The average Bonchev–Trinajstić information content (AvgIpc) is 2.91. The van der Waals surface area contributed by atoms with Gasteiger partial charge < -0.3 is 4.74 Å². The number of allylic oxidation sites excluding steroid dienone is 1. The molecule has 0 N–H and O–H groups in total. The maximum atomic E-state index is 12.6. The van der Waals surface area contributed by atoms with Crippen LogP contribution in [0.1, 0.15) is 65.2 Å². The smallest absolute Gasteiger partial charge is 0.330 e. The topological polar surface area (TPSA) is 60.4 Å². The number of methoxy groups -OCH3 is 1. The van der Waals surface area contributed by atoms with Gasteiger partial charge in [0.2, 0.25) is 0 Å². The molecule has 26 heavy (non-hydrogen) atoms. The highest BCUT2D eigenvalue weighted by molar-refractivity contribution is 5.87. The minimum absolute atomic E-state index is 0.0592. The predicted molar refractivity (Wildman–Crippen MR) is 97.2 cm³/mol. The van der Waals surface area contributed by atoms with Gasteiger partial charge >= 0.3 is 5.97 Å². The fraction of sp³-hybridized carbons (Fsp3) is 0.773. The van der Waals surface area contributed by atoms with E-state index >= 15 is 0 Å². The zero-order chi connectivity index (χ0) is 18.7. The van der Waals surface area contributed by atoms with Crippen LogP contribution in [0, 0.1) is 34.5 Å². The van der Waals surface area contributed by atoms with Crippen molar-refractivity contribution < 1.29 is 19.1 Å². The molecule has 4 aliphatic carbocycles. The Morgan fingerprint density at radius 3 is 2.58 bits per heavy atom. The maximum Gasteiger partial charge on any atom is 0.330 e. The van der Waals surface area contributed by atoms with Gasteiger partial charge in [0, 0.05) is 30.8 Å². The number of carbonyl (C=O) groups excluding carboxylic acids is 3. The molecule has 4 saturated carbocycles. The van der Waals surface area contributed by atoms with E-state index in [1.54, 1.807) is 6.08 Å². The van der Waals surface area contributed by atoms with E-state index in [0.29, 0.717) is 48.6 Å².